The molecule has 5 heteroatoms. The maximum atomic E-state index is 12.6. The third kappa shape index (κ3) is 3.50. The molecule has 0 aromatic carbocycles. The Morgan fingerprint density at radius 2 is 2.10 bits per heavy atom. The quantitative estimate of drug-likeness (QED) is 0.779. The van der Waals surface area contributed by atoms with Crippen molar-refractivity contribution in [2.24, 2.45) is 23.0 Å². The SMILES string of the molecule is CC1CCCC(CNC(=O)C2(C(N)=S)CCOCC2)C1. The van der Waals surface area contributed by atoms with Crippen molar-refractivity contribution in [3.8, 4) is 0 Å². The van der Waals surface area contributed by atoms with Gasteiger partial charge in [-0.3, -0.25) is 4.79 Å². The summed E-state index contributed by atoms with van der Waals surface area (Å²) in [4.78, 5) is 12.9. The molecule has 1 heterocycles. The molecule has 2 unspecified atom stereocenters. The van der Waals surface area contributed by atoms with Gasteiger partial charge in [-0.15, -0.1) is 0 Å². The maximum absolute atomic E-state index is 12.6. The predicted molar refractivity (Wildman–Crippen MR) is 83.4 cm³/mol. The number of nitrogens with one attached hydrogen (secondary N) is 1. The van der Waals surface area contributed by atoms with Gasteiger partial charge in [0.05, 0.1) is 4.99 Å². The Labute approximate surface area is 126 Å². The van der Waals surface area contributed by atoms with Crippen molar-refractivity contribution in [1.82, 2.24) is 5.32 Å². The molecule has 2 rings (SSSR count). The second-order valence-electron chi connectivity index (χ2n) is 6.41. The van der Waals surface area contributed by atoms with Crippen LogP contribution in [0.1, 0.15) is 45.4 Å². The Hall–Kier alpha value is -0.680. The molecule has 1 aliphatic heterocycles. The van der Waals surface area contributed by atoms with Crippen molar-refractivity contribution in [2.45, 2.75) is 45.4 Å². The Bertz CT molecular complexity index is 367. The van der Waals surface area contributed by atoms with Gasteiger partial charge in [-0.1, -0.05) is 32.0 Å². The summed E-state index contributed by atoms with van der Waals surface area (Å²) >= 11 is 5.15. The summed E-state index contributed by atoms with van der Waals surface area (Å²) in [5.74, 6) is 1.38. The normalized spacial score (nSPS) is 29.6. The van der Waals surface area contributed by atoms with E-state index < -0.39 is 5.41 Å². The highest BCUT2D eigenvalue weighted by atomic mass is 32.1. The van der Waals surface area contributed by atoms with Crippen LogP contribution in [0.3, 0.4) is 0 Å². The van der Waals surface area contributed by atoms with E-state index in [-0.39, 0.29) is 5.91 Å². The topological polar surface area (TPSA) is 64.4 Å². The van der Waals surface area contributed by atoms with E-state index in [2.05, 4.69) is 12.2 Å². The lowest BCUT2D eigenvalue weighted by molar-refractivity contribution is -0.131. The lowest BCUT2D eigenvalue weighted by Gasteiger charge is -2.35. The Kier molecular flexibility index (Phi) is 5.38. The van der Waals surface area contributed by atoms with E-state index in [1.807, 2.05) is 0 Å². The van der Waals surface area contributed by atoms with E-state index in [0.717, 1.165) is 12.5 Å². The summed E-state index contributed by atoms with van der Waals surface area (Å²) in [5.41, 5.74) is 5.16. The molecule has 0 bridgehead atoms. The van der Waals surface area contributed by atoms with Crippen molar-refractivity contribution < 1.29 is 9.53 Å². The van der Waals surface area contributed by atoms with Crippen LogP contribution in [0.15, 0.2) is 0 Å². The number of thiocarbonyl (C=S) groups is 1. The number of hydrogen-bond acceptors (Lipinski definition) is 3. The minimum Gasteiger partial charge on any atom is -0.392 e. The maximum Gasteiger partial charge on any atom is 0.233 e. The van der Waals surface area contributed by atoms with Crippen LogP contribution >= 0.6 is 12.2 Å². The van der Waals surface area contributed by atoms with Crippen LogP contribution < -0.4 is 11.1 Å². The van der Waals surface area contributed by atoms with E-state index in [1.165, 1.54) is 25.7 Å². The third-order valence-corrected chi connectivity index (χ3v) is 5.24. The van der Waals surface area contributed by atoms with Crippen LogP contribution in [0, 0.1) is 17.3 Å². The van der Waals surface area contributed by atoms with Crippen molar-refractivity contribution in [1.29, 1.82) is 0 Å². The molecular formula is C15H26N2O2S. The largest absolute Gasteiger partial charge is 0.392 e. The Morgan fingerprint density at radius 3 is 2.70 bits per heavy atom. The zero-order valence-corrected chi connectivity index (χ0v) is 13.1. The molecule has 0 spiro atoms. The van der Waals surface area contributed by atoms with Gasteiger partial charge in [-0.2, -0.15) is 0 Å². The van der Waals surface area contributed by atoms with Crippen LogP contribution in [0.5, 0.6) is 0 Å². The van der Waals surface area contributed by atoms with Crippen molar-refractivity contribution in [2.75, 3.05) is 19.8 Å². The predicted octanol–water partition coefficient (Wildman–Crippen LogP) is 2.01. The van der Waals surface area contributed by atoms with Crippen molar-refractivity contribution in [3.63, 3.8) is 0 Å². The number of amides is 1. The van der Waals surface area contributed by atoms with Crippen LogP contribution in [0.25, 0.3) is 0 Å². The monoisotopic (exact) mass is 298 g/mol. The number of rotatable bonds is 4. The van der Waals surface area contributed by atoms with E-state index in [1.54, 1.807) is 0 Å². The Balaban J connectivity index is 1.90. The van der Waals surface area contributed by atoms with Crippen molar-refractivity contribution in [3.05, 3.63) is 0 Å². The molecule has 20 heavy (non-hydrogen) atoms. The first-order valence-corrected chi connectivity index (χ1v) is 8.11. The molecule has 1 amide bonds. The first-order valence-electron chi connectivity index (χ1n) is 7.70. The van der Waals surface area contributed by atoms with E-state index in [0.29, 0.717) is 37.0 Å². The minimum absolute atomic E-state index is 0.00604. The van der Waals surface area contributed by atoms with Crippen LogP contribution in [-0.2, 0) is 9.53 Å². The smallest absolute Gasteiger partial charge is 0.233 e. The van der Waals surface area contributed by atoms with Gasteiger partial charge in [-0.05, 0) is 37.5 Å². The molecule has 1 aliphatic carbocycles. The standard InChI is InChI=1S/C15H26N2O2S/c1-11-3-2-4-12(9-11)10-17-14(18)15(13(16)20)5-7-19-8-6-15/h11-12H,2-10H2,1H3,(H2,16,20)(H,17,18). The molecule has 2 fully saturated rings. The van der Waals surface area contributed by atoms with Gasteiger partial charge in [0.25, 0.3) is 0 Å². The molecule has 2 atom stereocenters. The second-order valence-corrected chi connectivity index (χ2v) is 6.85. The fraction of sp³-hybridized carbons (Fsp3) is 0.867. The lowest BCUT2D eigenvalue weighted by Crippen LogP contribution is -2.52. The van der Waals surface area contributed by atoms with Crippen LogP contribution in [0.2, 0.25) is 0 Å². The highest BCUT2D eigenvalue weighted by Crippen LogP contribution is 2.32. The highest BCUT2D eigenvalue weighted by molar-refractivity contribution is 7.80. The molecule has 1 saturated heterocycles. The van der Waals surface area contributed by atoms with Crippen molar-refractivity contribution >= 4 is 23.1 Å². The lowest BCUT2D eigenvalue weighted by atomic mass is 9.78. The van der Waals surface area contributed by atoms with Gasteiger partial charge in [0.2, 0.25) is 5.91 Å². The zero-order chi connectivity index (χ0) is 14.6. The number of carbonyl (C=O) groups excluding carboxylic acids is 1. The first kappa shape index (κ1) is 15.7. The summed E-state index contributed by atoms with van der Waals surface area (Å²) in [6.07, 6.45) is 6.23. The van der Waals surface area contributed by atoms with Gasteiger partial charge in [0, 0.05) is 19.8 Å². The van der Waals surface area contributed by atoms with Gasteiger partial charge >= 0.3 is 0 Å². The molecule has 3 N–H and O–H groups in total. The van der Waals surface area contributed by atoms with E-state index >= 15 is 0 Å². The number of carbonyl (C=O) groups is 1. The summed E-state index contributed by atoms with van der Waals surface area (Å²) < 4.78 is 5.34. The molecule has 2 aliphatic rings. The average molecular weight is 298 g/mol. The molecule has 0 aromatic rings. The summed E-state index contributed by atoms with van der Waals surface area (Å²) in [6.45, 7) is 4.17. The van der Waals surface area contributed by atoms with Crippen LogP contribution in [-0.4, -0.2) is 30.7 Å². The molecule has 0 radical (unpaired) electrons. The minimum atomic E-state index is -0.687. The Morgan fingerprint density at radius 1 is 1.40 bits per heavy atom. The highest BCUT2D eigenvalue weighted by Gasteiger charge is 2.43. The second kappa shape index (κ2) is 6.85. The summed E-state index contributed by atoms with van der Waals surface area (Å²) in [6, 6.07) is 0. The molecule has 0 aromatic heterocycles. The van der Waals surface area contributed by atoms with Gasteiger partial charge < -0.3 is 15.8 Å². The van der Waals surface area contributed by atoms with Gasteiger partial charge in [0.15, 0.2) is 0 Å². The summed E-state index contributed by atoms with van der Waals surface area (Å²) in [7, 11) is 0. The number of nitrogens with two attached hydrogens (primary N) is 1. The fourth-order valence-corrected chi connectivity index (χ4v) is 3.75. The van der Waals surface area contributed by atoms with Crippen LogP contribution in [0.4, 0.5) is 0 Å². The van der Waals surface area contributed by atoms with E-state index in [4.69, 9.17) is 22.7 Å². The third-order valence-electron chi connectivity index (χ3n) is 4.85. The number of ether oxygens (including phenoxy) is 1. The fourth-order valence-electron chi connectivity index (χ4n) is 3.46. The number of hydrogen-bond donors (Lipinski definition) is 2. The molecular weight excluding hydrogens is 272 g/mol. The van der Waals surface area contributed by atoms with E-state index in [9.17, 15) is 4.79 Å². The molecule has 114 valence electrons. The average Bonchev–Trinajstić information content (AvgIpc) is 2.45. The molecule has 1 saturated carbocycles. The van der Waals surface area contributed by atoms with Gasteiger partial charge in [-0.25, -0.2) is 0 Å². The molecule has 4 nitrogen and oxygen atoms in total. The summed E-state index contributed by atoms with van der Waals surface area (Å²) in [5, 5.41) is 3.10. The zero-order valence-electron chi connectivity index (χ0n) is 12.3. The van der Waals surface area contributed by atoms with Gasteiger partial charge in [0.1, 0.15) is 5.41 Å². The first-order chi connectivity index (χ1) is 9.54.